The van der Waals surface area contributed by atoms with Crippen molar-refractivity contribution in [1.82, 2.24) is 0 Å². The first-order chi connectivity index (χ1) is 4.75. The molecule has 0 aromatic heterocycles. The van der Waals surface area contributed by atoms with E-state index in [1.807, 2.05) is 0 Å². The lowest BCUT2D eigenvalue weighted by Crippen LogP contribution is -2.32. The largest absolute Gasteiger partial charge is 0.396 e. The fourth-order valence-electron chi connectivity index (χ4n) is 1.83. The number of aliphatic hydroxyl groups is 2. The first kappa shape index (κ1) is 8.02. The van der Waals surface area contributed by atoms with Gasteiger partial charge < -0.3 is 10.2 Å². The normalized spacial score (nSPS) is 30.9. The topological polar surface area (TPSA) is 40.5 Å². The van der Waals surface area contributed by atoms with Crippen LogP contribution in [0.15, 0.2) is 0 Å². The third kappa shape index (κ3) is 1.06. The summed E-state index contributed by atoms with van der Waals surface area (Å²) in [6.07, 6.45) is 3.30. The number of aliphatic hydroxyl groups excluding tert-OH is 2. The summed E-state index contributed by atoms with van der Waals surface area (Å²) in [5.41, 5.74) is -0.153. The van der Waals surface area contributed by atoms with Crippen molar-refractivity contribution in [2.45, 2.75) is 26.2 Å². The summed E-state index contributed by atoms with van der Waals surface area (Å²) in [7, 11) is 0. The summed E-state index contributed by atoms with van der Waals surface area (Å²) in [5.74, 6) is 0.488. The number of hydrogen-bond acceptors (Lipinski definition) is 2. The quantitative estimate of drug-likeness (QED) is 0.601. The van der Waals surface area contributed by atoms with Crippen LogP contribution in [0.4, 0.5) is 0 Å². The Kier molecular flexibility index (Phi) is 2.32. The van der Waals surface area contributed by atoms with Gasteiger partial charge in [0.25, 0.3) is 0 Å². The van der Waals surface area contributed by atoms with Crippen LogP contribution in [-0.2, 0) is 0 Å². The van der Waals surface area contributed by atoms with E-state index in [9.17, 15) is 0 Å². The monoisotopic (exact) mass is 144 g/mol. The molecule has 10 heavy (non-hydrogen) atoms. The molecule has 2 nitrogen and oxygen atoms in total. The highest BCUT2D eigenvalue weighted by Gasteiger charge is 2.38. The molecule has 0 aliphatic heterocycles. The number of hydrogen-bond donors (Lipinski definition) is 2. The summed E-state index contributed by atoms with van der Waals surface area (Å²) >= 11 is 0. The zero-order chi connectivity index (χ0) is 7.61. The molecule has 1 fully saturated rings. The van der Waals surface area contributed by atoms with E-state index < -0.39 is 0 Å². The van der Waals surface area contributed by atoms with Crippen LogP contribution in [0.3, 0.4) is 0 Å². The maximum absolute atomic E-state index is 9.03. The SMILES string of the molecule is CC1CCCC1(CO)CO. The van der Waals surface area contributed by atoms with E-state index in [1.54, 1.807) is 0 Å². The van der Waals surface area contributed by atoms with Crippen LogP contribution < -0.4 is 0 Å². The second-order valence-electron chi connectivity index (χ2n) is 3.47. The van der Waals surface area contributed by atoms with Crippen molar-refractivity contribution in [3.63, 3.8) is 0 Å². The molecule has 1 rings (SSSR count). The molecule has 0 bridgehead atoms. The van der Waals surface area contributed by atoms with Crippen molar-refractivity contribution in [3.05, 3.63) is 0 Å². The van der Waals surface area contributed by atoms with Crippen LogP contribution in [0.2, 0.25) is 0 Å². The second-order valence-corrected chi connectivity index (χ2v) is 3.47. The summed E-state index contributed by atoms with van der Waals surface area (Å²) in [6, 6.07) is 0. The van der Waals surface area contributed by atoms with Gasteiger partial charge in [-0.25, -0.2) is 0 Å². The fourth-order valence-corrected chi connectivity index (χ4v) is 1.83. The average Bonchev–Trinajstić information content (AvgIpc) is 2.32. The minimum Gasteiger partial charge on any atom is -0.396 e. The van der Waals surface area contributed by atoms with E-state index >= 15 is 0 Å². The molecular weight excluding hydrogens is 128 g/mol. The van der Waals surface area contributed by atoms with Crippen molar-refractivity contribution < 1.29 is 10.2 Å². The molecule has 0 spiro atoms. The zero-order valence-electron chi connectivity index (χ0n) is 6.51. The molecule has 0 saturated heterocycles. The van der Waals surface area contributed by atoms with Gasteiger partial charge in [0.1, 0.15) is 0 Å². The zero-order valence-corrected chi connectivity index (χ0v) is 6.51. The van der Waals surface area contributed by atoms with Crippen molar-refractivity contribution in [1.29, 1.82) is 0 Å². The van der Waals surface area contributed by atoms with E-state index in [-0.39, 0.29) is 18.6 Å². The Morgan fingerprint density at radius 3 is 2.20 bits per heavy atom. The lowest BCUT2D eigenvalue weighted by atomic mass is 9.80. The van der Waals surface area contributed by atoms with Crippen LogP contribution in [0.1, 0.15) is 26.2 Å². The molecule has 0 aromatic carbocycles. The smallest absolute Gasteiger partial charge is 0.0511 e. The highest BCUT2D eigenvalue weighted by Crippen LogP contribution is 2.42. The van der Waals surface area contributed by atoms with Gasteiger partial charge in [-0.15, -0.1) is 0 Å². The first-order valence-electron chi connectivity index (χ1n) is 3.97. The standard InChI is InChI=1S/C8H16O2/c1-7-3-2-4-8(7,5-9)6-10/h7,9-10H,2-6H2,1H3. The van der Waals surface area contributed by atoms with Gasteiger partial charge in [0.2, 0.25) is 0 Å². The summed E-state index contributed by atoms with van der Waals surface area (Å²) in [6.45, 7) is 2.40. The van der Waals surface area contributed by atoms with E-state index in [1.165, 1.54) is 0 Å². The highest BCUT2D eigenvalue weighted by molar-refractivity contribution is 4.88. The minimum absolute atomic E-state index is 0.144. The summed E-state index contributed by atoms with van der Waals surface area (Å²) in [5, 5.41) is 18.1. The van der Waals surface area contributed by atoms with Gasteiger partial charge in [-0.2, -0.15) is 0 Å². The number of rotatable bonds is 2. The van der Waals surface area contributed by atoms with Gasteiger partial charge in [0.05, 0.1) is 13.2 Å². The van der Waals surface area contributed by atoms with E-state index in [4.69, 9.17) is 10.2 Å². The van der Waals surface area contributed by atoms with Gasteiger partial charge in [-0.05, 0) is 18.8 Å². The third-order valence-corrected chi connectivity index (χ3v) is 2.99. The van der Waals surface area contributed by atoms with Crippen molar-refractivity contribution in [2.75, 3.05) is 13.2 Å². The van der Waals surface area contributed by atoms with Crippen LogP contribution in [0, 0.1) is 11.3 Å². The molecular formula is C8H16O2. The third-order valence-electron chi connectivity index (χ3n) is 2.99. The Bertz CT molecular complexity index is 108. The van der Waals surface area contributed by atoms with Crippen molar-refractivity contribution >= 4 is 0 Å². The van der Waals surface area contributed by atoms with E-state index in [0.29, 0.717) is 5.92 Å². The second kappa shape index (κ2) is 2.89. The lowest BCUT2D eigenvalue weighted by Gasteiger charge is -2.28. The van der Waals surface area contributed by atoms with E-state index in [2.05, 4.69) is 6.92 Å². The molecule has 2 N–H and O–H groups in total. The maximum atomic E-state index is 9.03. The van der Waals surface area contributed by atoms with Crippen LogP contribution in [0.25, 0.3) is 0 Å². The minimum atomic E-state index is -0.153. The van der Waals surface area contributed by atoms with Crippen LogP contribution in [0.5, 0.6) is 0 Å². The molecule has 1 unspecified atom stereocenters. The summed E-state index contributed by atoms with van der Waals surface area (Å²) < 4.78 is 0. The molecule has 0 aromatic rings. The molecule has 0 radical (unpaired) electrons. The summed E-state index contributed by atoms with van der Waals surface area (Å²) in [4.78, 5) is 0. The molecule has 1 aliphatic carbocycles. The Balaban J connectivity index is 2.61. The van der Waals surface area contributed by atoms with Crippen LogP contribution in [-0.4, -0.2) is 23.4 Å². The van der Waals surface area contributed by atoms with Gasteiger partial charge in [-0.1, -0.05) is 13.3 Å². The Hall–Kier alpha value is -0.0800. The molecule has 0 heterocycles. The molecule has 1 atom stereocenters. The Labute approximate surface area is 61.9 Å². The lowest BCUT2D eigenvalue weighted by molar-refractivity contribution is 0.0286. The molecule has 0 amide bonds. The predicted octanol–water partition coefficient (Wildman–Crippen LogP) is 0.777. The molecule has 1 saturated carbocycles. The maximum Gasteiger partial charge on any atom is 0.0511 e. The highest BCUT2D eigenvalue weighted by atomic mass is 16.3. The van der Waals surface area contributed by atoms with Crippen LogP contribution >= 0.6 is 0 Å². The molecule has 2 heteroatoms. The predicted molar refractivity (Wildman–Crippen MR) is 39.6 cm³/mol. The fraction of sp³-hybridized carbons (Fsp3) is 1.00. The average molecular weight is 144 g/mol. The van der Waals surface area contributed by atoms with Gasteiger partial charge >= 0.3 is 0 Å². The molecule has 1 aliphatic rings. The first-order valence-corrected chi connectivity index (χ1v) is 3.97. The molecule has 60 valence electrons. The van der Waals surface area contributed by atoms with Crippen molar-refractivity contribution in [3.8, 4) is 0 Å². The van der Waals surface area contributed by atoms with Crippen molar-refractivity contribution in [2.24, 2.45) is 11.3 Å². The van der Waals surface area contributed by atoms with Gasteiger partial charge in [0.15, 0.2) is 0 Å². The van der Waals surface area contributed by atoms with Gasteiger partial charge in [-0.3, -0.25) is 0 Å². The van der Waals surface area contributed by atoms with E-state index in [0.717, 1.165) is 19.3 Å². The Morgan fingerprint density at radius 2 is 2.00 bits per heavy atom. The van der Waals surface area contributed by atoms with Gasteiger partial charge in [0, 0.05) is 5.41 Å². The Morgan fingerprint density at radius 1 is 1.40 bits per heavy atom.